The van der Waals surface area contributed by atoms with Gasteiger partial charge in [-0.2, -0.15) is 0 Å². The van der Waals surface area contributed by atoms with Crippen molar-refractivity contribution in [1.29, 1.82) is 0 Å². The van der Waals surface area contributed by atoms with Crippen molar-refractivity contribution >= 4 is 35.0 Å². The van der Waals surface area contributed by atoms with Gasteiger partial charge in [-0.05, 0) is 60.4 Å². The Bertz CT molecular complexity index is 1070. The molecule has 5 heterocycles. The van der Waals surface area contributed by atoms with Crippen LogP contribution in [0.15, 0.2) is 47.5 Å². The van der Waals surface area contributed by atoms with Crippen molar-refractivity contribution in [2.75, 3.05) is 31.6 Å². The van der Waals surface area contributed by atoms with E-state index >= 15 is 0 Å². The molecule has 0 bridgehead atoms. The minimum atomic E-state index is -0.397. The molecule has 0 aromatic carbocycles. The van der Waals surface area contributed by atoms with Gasteiger partial charge in [0.2, 0.25) is 11.8 Å². The molecule has 0 unspecified atom stereocenters. The van der Waals surface area contributed by atoms with Crippen LogP contribution in [-0.2, 0) is 27.2 Å². The van der Waals surface area contributed by atoms with Gasteiger partial charge in [-0.1, -0.05) is 17.7 Å². The lowest BCUT2D eigenvalue weighted by Crippen LogP contribution is -2.45. The van der Waals surface area contributed by atoms with Crippen molar-refractivity contribution in [1.82, 2.24) is 9.88 Å². The van der Waals surface area contributed by atoms with Crippen LogP contribution in [0.2, 0.25) is 0 Å². The smallest absolute Gasteiger partial charge is 0.246 e. The SMILES string of the molecule is O=C(/C=C/c1cnc2c(c1)CC1(CCOCC1)C(=O)N2)N1CC=C(Cc2cccs2)CC1. The van der Waals surface area contributed by atoms with E-state index in [1.165, 1.54) is 10.5 Å². The molecule has 1 fully saturated rings. The first-order valence-electron chi connectivity index (χ1n) is 11.2. The van der Waals surface area contributed by atoms with Crippen molar-refractivity contribution in [3.8, 4) is 0 Å². The molecule has 6 nitrogen and oxygen atoms in total. The highest BCUT2D eigenvalue weighted by Crippen LogP contribution is 2.40. The fourth-order valence-electron chi connectivity index (χ4n) is 4.70. The topological polar surface area (TPSA) is 71.5 Å². The summed E-state index contributed by atoms with van der Waals surface area (Å²) in [5, 5.41) is 5.08. The van der Waals surface area contributed by atoms with Gasteiger partial charge in [0.25, 0.3) is 0 Å². The van der Waals surface area contributed by atoms with Gasteiger partial charge in [-0.15, -0.1) is 11.3 Å². The summed E-state index contributed by atoms with van der Waals surface area (Å²) in [7, 11) is 0. The van der Waals surface area contributed by atoms with Gasteiger partial charge in [-0.3, -0.25) is 9.59 Å². The molecular formula is C25H27N3O3S. The van der Waals surface area contributed by atoms with Crippen molar-refractivity contribution in [3.05, 3.63) is 63.5 Å². The monoisotopic (exact) mass is 449 g/mol. The number of ether oxygens (including phenoxy) is 1. The van der Waals surface area contributed by atoms with E-state index in [9.17, 15) is 9.59 Å². The molecule has 0 saturated carbocycles. The Morgan fingerprint density at radius 2 is 2.22 bits per heavy atom. The van der Waals surface area contributed by atoms with E-state index in [4.69, 9.17) is 4.74 Å². The zero-order valence-corrected chi connectivity index (χ0v) is 18.8. The molecule has 2 aromatic heterocycles. The van der Waals surface area contributed by atoms with E-state index in [1.807, 2.05) is 17.0 Å². The van der Waals surface area contributed by atoms with E-state index in [1.54, 1.807) is 23.6 Å². The van der Waals surface area contributed by atoms with Crippen LogP contribution in [0.4, 0.5) is 5.82 Å². The third-order valence-electron chi connectivity index (χ3n) is 6.69. The number of fused-ring (bicyclic) bond motifs is 1. The molecule has 1 N–H and O–H groups in total. The molecule has 3 aliphatic rings. The summed E-state index contributed by atoms with van der Waals surface area (Å²) >= 11 is 1.78. The quantitative estimate of drug-likeness (QED) is 0.569. The number of pyridine rings is 1. The summed E-state index contributed by atoms with van der Waals surface area (Å²) in [5.74, 6) is 0.703. The molecule has 2 amide bonds. The molecule has 0 radical (unpaired) electrons. The fraction of sp³-hybridized carbons (Fsp3) is 0.400. The first kappa shape index (κ1) is 21.1. The fourth-order valence-corrected chi connectivity index (χ4v) is 5.46. The molecule has 1 saturated heterocycles. The Morgan fingerprint density at radius 1 is 1.34 bits per heavy atom. The highest BCUT2D eigenvalue weighted by atomic mass is 32.1. The van der Waals surface area contributed by atoms with E-state index in [0.717, 1.165) is 43.4 Å². The van der Waals surface area contributed by atoms with E-state index in [-0.39, 0.29) is 11.8 Å². The van der Waals surface area contributed by atoms with Gasteiger partial charge in [0, 0.05) is 49.9 Å². The first-order valence-corrected chi connectivity index (χ1v) is 12.0. The van der Waals surface area contributed by atoms with E-state index in [0.29, 0.717) is 32.0 Å². The average molecular weight is 450 g/mol. The molecule has 1 spiro atoms. The molecule has 32 heavy (non-hydrogen) atoms. The number of rotatable bonds is 4. The van der Waals surface area contributed by atoms with Gasteiger partial charge in [0.05, 0.1) is 5.41 Å². The van der Waals surface area contributed by atoms with Crippen LogP contribution in [0.3, 0.4) is 0 Å². The lowest BCUT2D eigenvalue weighted by molar-refractivity contribution is -0.131. The van der Waals surface area contributed by atoms with Crippen LogP contribution < -0.4 is 5.32 Å². The first-order chi connectivity index (χ1) is 15.6. The van der Waals surface area contributed by atoms with Crippen molar-refractivity contribution in [3.63, 3.8) is 0 Å². The Labute approximate surface area is 192 Å². The standard InChI is InChI=1S/C25H27N3O3S/c29-22(28-9-5-18(6-10-28)15-21-2-1-13-32-21)4-3-19-14-20-16-25(7-11-31-12-8-25)24(30)27-23(20)26-17-19/h1-5,13-14,17H,6-12,15-16H2,(H,26,27,30)/b4-3+. The van der Waals surface area contributed by atoms with Crippen LogP contribution >= 0.6 is 11.3 Å². The normalized spacial score (nSPS) is 20.2. The molecule has 166 valence electrons. The van der Waals surface area contributed by atoms with Crippen molar-refractivity contribution in [2.24, 2.45) is 5.41 Å². The van der Waals surface area contributed by atoms with Crippen LogP contribution in [0.1, 0.15) is 35.3 Å². The van der Waals surface area contributed by atoms with Gasteiger partial charge < -0.3 is 15.0 Å². The summed E-state index contributed by atoms with van der Waals surface area (Å²) in [6.07, 6.45) is 11.4. The van der Waals surface area contributed by atoms with Crippen LogP contribution in [0.25, 0.3) is 6.08 Å². The van der Waals surface area contributed by atoms with E-state index < -0.39 is 5.41 Å². The molecule has 7 heteroatoms. The highest BCUT2D eigenvalue weighted by molar-refractivity contribution is 7.09. The molecule has 5 rings (SSSR count). The predicted molar refractivity (Wildman–Crippen MR) is 125 cm³/mol. The average Bonchev–Trinajstić information content (AvgIpc) is 3.32. The van der Waals surface area contributed by atoms with Crippen LogP contribution in [0, 0.1) is 5.41 Å². The molecule has 3 aliphatic heterocycles. The zero-order valence-electron chi connectivity index (χ0n) is 18.0. The van der Waals surface area contributed by atoms with Crippen LogP contribution in [0.5, 0.6) is 0 Å². The zero-order chi connectivity index (χ0) is 22.0. The third-order valence-corrected chi connectivity index (χ3v) is 7.57. The predicted octanol–water partition coefficient (Wildman–Crippen LogP) is 3.85. The number of anilines is 1. The van der Waals surface area contributed by atoms with Crippen molar-refractivity contribution < 1.29 is 14.3 Å². The van der Waals surface area contributed by atoms with Crippen LogP contribution in [-0.4, -0.2) is 48.0 Å². The number of carbonyl (C=O) groups excluding carboxylic acids is 2. The van der Waals surface area contributed by atoms with Gasteiger partial charge in [-0.25, -0.2) is 4.98 Å². The number of carbonyl (C=O) groups is 2. The van der Waals surface area contributed by atoms with Gasteiger partial charge in [0.15, 0.2) is 0 Å². The summed E-state index contributed by atoms with van der Waals surface area (Å²) in [4.78, 5) is 33.0. The second-order valence-corrected chi connectivity index (χ2v) is 9.82. The Kier molecular flexibility index (Phi) is 5.93. The second kappa shape index (κ2) is 9.00. The largest absolute Gasteiger partial charge is 0.381 e. The van der Waals surface area contributed by atoms with E-state index in [2.05, 4.69) is 33.9 Å². The number of thiophene rings is 1. The summed E-state index contributed by atoms with van der Waals surface area (Å²) < 4.78 is 5.46. The molecular weight excluding hydrogens is 422 g/mol. The lowest BCUT2D eigenvalue weighted by atomic mass is 9.72. The molecule has 2 aromatic rings. The molecule has 0 aliphatic carbocycles. The summed E-state index contributed by atoms with van der Waals surface area (Å²) in [6, 6.07) is 6.28. The molecule has 0 atom stereocenters. The number of hydrogen-bond donors (Lipinski definition) is 1. The maximum Gasteiger partial charge on any atom is 0.246 e. The number of hydrogen-bond acceptors (Lipinski definition) is 5. The third kappa shape index (κ3) is 4.40. The number of amides is 2. The Hall–Kier alpha value is -2.77. The number of aromatic nitrogens is 1. The lowest BCUT2D eigenvalue weighted by Gasteiger charge is -2.39. The minimum absolute atomic E-state index is 0.0170. The number of nitrogens with zero attached hydrogens (tertiary/aromatic N) is 2. The minimum Gasteiger partial charge on any atom is -0.381 e. The Morgan fingerprint density at radius 3 is 2.97 bits per heavy atom. The summed E-state index contributed by atoms with van der Waals surface area (Å²) in [6.45, 7) is 2.63. The van der Waals surface area contributed by atoms with Crippen molar-refractivity contribution in [2.45, 2.75) is 32.1 Å². The van der Waals surface area contributed by atoms with Gasteiger partial charge in [0.1, 0.15) is 5.82 Å². The number of nitrogens with one attached hydrogen (secondary N) is 1. The Balaban J connectivity index is 1.23. The summed E-state index contributed by atoms with van der Waals surface area (Å²) in [5.41, 5.74) is 2.91. The maximum atomic E-state index is 12.7. The van der Waals surface area contributed by atoms with Gasteiger partial charge >= 0.3 is 0 Å². The second-order valence-electron chi connectivity index (χ2n) is 8.79. The maximum absolute atomic E-state index is 12.7. The highest BCUT2D eigenvalue weighted by Gasteiger charge is 2.43.